The lowest BCUT2D eigenvalue weighted by Gasteiger charge is -2.07. The third-order valence-corrected chi connectivity index (χ3v) is 2.53. The van der Waals surface area contributed by atoms with Crippen LogP contribution >= 0.6 is 0 Å². The van der Waals surface area contributed by atoms with Crippen molar-refractivity contribution in [1.82, 2.24) is 0 Å². The molecule has 3 N–H and O–H groups in total. The van der Waals surface area contributed by atoms with Gasteiger partial charge in [0, 0.05) is 11.6 Å². The Morgan fingerprint density at radius 3 is 2.37 bits per heavy atom. The van der Waals surface area contributed by atoms with Gasteiger partial charge in [0.15, 0.2) is 5.84 Å². The summed E-state index contributed by atoms with van der Waals surface area (Å²) in [7, 11) is 1.60. The standard InChI is InChI=1S/C14H14N2O3/c1-18-12-3-2-4-13(9-12)19-11-7-5-10(6-8-11)14(15)16-17/h2-9,17H,1H3,(H2,15,16). The van der Waals surface area contributed by atoms with Crippen LogP contribution in [0, 0.1) is 0 Å². The van der Waals surface area contributed by atoms with Crippen LogP contribution in [0.2, 0.25) is 0 Å². The maximum absolute atomic E-state index is 8.57. The molecule has 0 saturated carbocycles. The van der Waals surface area contributed by atoms with Gasteiger partial charge in [-0.3, -0.25) is 0 Å². The van der Waals surface area contributed by atoms with Crippen LogP contribution in [0.1, 0.15) is 5.56 Å². The molecule has 0 fully saturated rings. The molecule has 19 heavy (non-hydrogen) atoms. The molecule has 0 bridgehead atoms. The number of hydrogen-bond donors (Lipinski definition) is 2. The van der Waals surface area contributed by atoms with Gasteiger partial charge in [0.1, 0.15) is 17.2 Å². The highest BCUT2D eigenvalue weighted by Gasteiger charge is 2.02. The molecule has 5 heteroatoms. The Bertz CT molecular complexity index is 579. The quantitative estimate of drug-likeness (QED) is 0.382. The lowest BCUT2D eigenvalue weighted by molar-refractivity contribution is 0.318. The predicted octanol–water partition coefficient (Wildman–Crippen LogP) is 2.58. The van der Waals surface area contributed by atoms with Gasteiger partial charge in [0.25, 0.3) is 0 Å². The highest BCUT2D eigenvalue weighted by atomic mass is 16.5. The average Bonchev–Trinajstić information content (AvgIpc) is 2.47. The van der Waals surface area contributed by atoms with E-state index in [0.29, 0.717) is 17.1 Å². The lowest BCUT2D eigenvalue weighted by atomic mass is 10.2. The first kappa shape index (κ1) is 12.8. The molecule has 98 valence electrons. The maximum Gasteiger partial charge on any atom is 0.170 e. The Morgan fingerprint density at radius 1 is 1.05 bits per heavy atom. The minimum Gasteiger partial charge on any atom is -0.497 e. The molecule has 0 aliphatic rings. The molecule has 0 aliphatic heterocycles. The highest BCUT2D eigenvalue weighted by molar-refractivity contribution is 5.97. The minimum atomic E-state index is 0.0629. The van der Waals surface area contributed by atoms with Gasteiger partial charge < -0.3 is 20.4 Å². The zero-order valence-electron chi connectivity index (χ0n) is 10.4. The van der Waals surface area contributed by atoms with E-state index in [0.717, 1.165) is 5.75 Å². The van der Waals surface area contributed by atoms with Crippen LogP contribution in [-0.2, 0) is 0 Å². The van der Waals surface area contributed by atoms with Gasteiger partial charge in [-0.15, -0.1) is 0 Å². The summed E-state index contributed by atoms with van der Waals surface area (Å²) in [5.41, 5.74) is 6.10. The molecule has 0 amide bonds. The third-order valence-electron chi connectivity index (χ3n) is 2.53. The summed E-state index contributed by atoms with van der Waals surface area (Å²) in [4.78, 5) is 0. The maximum atomic E-state index is 8.57. The fourth-order valence-corrected chi connectivity index (χ4v) is 1.55. The molecule has 5 nitrogen and oxygen atoms in total. The lowest BCUT2D eigenvalue weighted by Crippen LogP contribution is -2.12. The number of nitrogens with zero attached hydrogens (tertiary/aromatic N) is 1. The smallest absolute Gasteiger partial charge is 0.170 e. The van der Waals surface area contributed by atoms with E-state index in [1.165, 1.54) is 0 Å². The summed E-state index contributed by atoms with van der Waals surface area (Å²) in [6, 6.07) is 14.2. The SMILES string of the molecule is COc1cccc(Oc2ccc(/C(N)=N/O)cc2)c1. The van der Waals surface area contributed by atoms with Crippen molar-refractivity contribution in [2.45, 2.75) is 0 Å². The summed E-state index contributed by atoms with van der Waals surface area (Å²) < 4.78 is 10.8. The molecule has 0 saturated heterocycles. The topological polar surface area (TPSA) is 77.1 Å². The van der Waals surface area contributed by atoms with Crippen molar-refractivity contribution >= 4 is 5.84 Å². The van der Waals surface area contributed by atoms with Crippen LogP contribution < -0.4 is 15.2 Å². The van der Waals surface area contributed by atoms with Crippen molar-refractivity contribution in [3.63, 3.8) is 0 Å². The van der Waals surface area contributed by atoms with Crippen molar-refractivity contribution in [2.75, 3.05) is 7.11 Å². The number of amidine groups is 1. The molecule has 0 radical (unpaired) electrons. The van der Waals surface area contributed by atoms with Crippen LogP contribution in [0.5, 0.6) is 17.2 Å². The molecular weight excluding hydrogens is 244 g/mol. The fourth-order valence-electron chi connectivity index (χ4n) is 1.55. The van der Waals surface area contributed by atoms with E-state index in [-0.39, 0.29) is 5.84 Å². The van der Waals surface area contributed by atoms with Gasteiger partial charge in [-0.05, 0) is 36.4 Å². The number of oxime groups is 1. The summed E-state index contributed by atoms with van der Waals surface area (Å²) in [5, 5.41) is 11.5. The Balaban J connectivity index is 2.15. The van der Waals surface area contributed by atoms with Gasteiger partial charge in [-0.1, -0.05) is 11.2 Å². The summed E-state index contributed by atoms with van der Waals surface area (Å²) in [6.07, 6.45) is 0. The van der Waals surface area contributed by atoms with E-state index in [2.05, 4.69) is 5.16 Å². The molecule has 0 heterocycles. The zero-order chi connectivity index (χ0) is 13.7. The van der Waals surface area contributed by atoms with Gasteiger partial charge in [-0.25, -0.2) is 0 Å². The van der Waals surface area contributed by atoms with E-state index in [9.17, 15) is 0 Å². The molecule has 0 aliphatic carbocycles. The molecular formula is C14H14N2O3. The normalized spacial score (nSPS) is 11.1. The van der Waals surface area contributed by atoms with E-state index in [4.69, 9.17) is 20.4 Å². The van der Waals surface area contributed by atoms with E-state index >= 15 is 0 Å². The summed E-state index contributed by atoms with van der Waals surface area (Å²) in [5.74, 6) is 2.12. The van der Waals surface area contributed by atoms with Crippen molar-refractivity contribution in [2.24, 2.45) is 10.9 Å². The summed E-state index contributed by atoms with van der Waals surface area (Å²) in [6.45, 7) is 0. The van der Waals surface area contributed by atoms with E-state index < -0.39 is 0 Å². The second-order valence-corrected chi connectivity index (χ2v) is 3.79. The minimum absolute atomic E-state index is 0.0629. The van der Waals surface area contributed by atoms with Crippen molar-refractivity contribution in [3.05, 3.63) is 54.1 Å². The Hall–Kier alpha value is -2.69. The number of nitrogens with two attached hydrogens (primary N) is 1. The highest BCUT2D eigenvalue weighted by Crippen LogP contribution is 2.25. The second kappa shape index (κ2) is 5.77. The zero-order valence-corrected chi connectivity index (χ0v) is 10.4. The molecule has 0 atom stereocenters. The molecule has 0 spiro atoms. The Kier molecular flexibility index (Phi) is 3.87. The van der Waals surface area contributed by atoms with Crippen molar-refractivity contribution in [3.8, 4) is 17.2 Å². The van der Waals surface area contributed by atoms with Crippen LogP contribution in [0.3, 0.4) is 0 Å². The van der Waals surface area contributed by atoms with Gasteiger partial charge in [-0.2, -0.15) is 0 Å². The molecule has 0 unspecified atom stereocenters. The number of hydrogen-bond acceptors (Lipinski definition) is 4. The van der Waals surface area contributed by atoms with Crippen LogP contribution in [-0.4, -0.2) is 18.2 Å². The fraction of sp³-hybridized carbons (Fsp3) is 0.0714. The van der Waals surface area contributed by atoms with E-state index in [1.54, 1.807) is 37.4 Å². The van der Waals surface area contributed by atoms with Gasteiger partial charge >= 0.3 is 0 Å². The number of ether oxygens (including phenoxy) is 2. The monoisotopic (exact) mass is 258 g/mol. The first-order chi connectivity index (χ1) is 9.22. The average molecular weight is 258 g/mol. The predicted molar refractivity (Wildman–Crippen MR) is 72.0 cm³/mol. The largest absolute Gasteiger partial charge is 0.497 e. The Labute approximate surface area is 110 Å². The first-order valence-electron chi connectivity index (χ1n) is 5.63. The van der Waals surface area contributed by atoms with Gasteiger partial charge in [0.2, 0.25) is 0 Å². The van der Waals surface area contributed by atoms with Crippen molar-refractivity contribution < 1.29 is 14.7 Å². The number of rotatable bonds is 4. The molecule has 2 aromatic carbocycles. The van der Waals surface area contributed by atoms with Crippen LogP contribution in [0.4, 0.5) is 0 Å². The van der Waals surface area contributed by atoms with E-state index in [1.807, 2.05) is 18.2 Å². The Morgan fingerprint density at radius 2 is 1.74 bits per heavy atom. The molecule has 2 rings (SSSR count). The van der Waals surface area contributed by atoms with Crippen LogP contribution in [0.25, 0.3) is 0 Å². The molecule has 2 aromatic rings. The van der Waals surface area contributed by atoms with Crippen LogP contribution in [0.15, 0.2) is 53.7 Å². The molecule has 0 aromatic heterocycles. The summed E-state index contributed by atoms with van der Waals surface area (Å²) >= 11 is 0. The number of benzene rings is 2. The number of methoxy groups -OCH3 is 1. The van der Waals surface area contributed by atoms with Gasteiger partial charge in [0.05, 0.1) is 7.11 Å². The first-order valence-corrected chi connectivity index (χ1v) is 5.63. The third kappa shape index (κ3) is 3.16. The second-order valence-electron chi connectivity index (χ2n) is 3.79. The van der Waals surface area contributed by atoms with Crippen molar-refractivity contribution in [1.29, 1.82) is 0 Å².